The van der Waals surface area contributed by atoms with Crippen molar-refractivity contribution in [3.8, 4) is 11.5 Å². The van der Waals surface area contributed by atoms with Gasteiger partial charge in [0.05, 0.1) is 7.11 Å². The number of benzene rings is 2. The van der Waals surface area contributed by atoms with Crippen LogP contribution in [0.5, 0.6) is 11.5 Å². The van der Waals surface area contributed by atoms with Crippen LogP contribution < -0.4 is 9.47 Å². The maximum absolute atomic E-state index is 13.0. The summed E-state index contributed by atoms with van der Waals surface area (Å²) in [7, 11) is 3.57. The third-order valence-corrected chi connectivity index (χ3v) is 4.95. The minimum atomic E-state index is -0.302. The Balaban J connectivity index is 1.65. The van der Waals surface area contributed by atoms with Crippen molar-refractivity contribution in [3.63, 3.8) is 0 Å². The molecule has 0 spiro atoms. The molecule has 0 amide bonds. The highest BCUT2D eigenvalue weighted by atomic mass is 32.2. The van der Waals surface area contributed by atoms with Gasteiger partial charge in [0, 0.05) is 12.8 Å². The first-order valence-electron chi connectivity index (χ1n) is 8.14. The Kier molecular flexibility index (Phi) is 5.78. The number of hydrogen-bond donors (Lipinski definition) is 0. The van der Waals surface area contributed by atoms with Crippen LogP contribution in [-0.4, -0.2) is 21.9 Å². The summed E-state index contributed by atoms with van der Waals surface area (Å²) in [6.45, 7) is 1.89. The lowest BCUT2D eigenvalue weighted by Crippen LogP contribution is -2.10. The van der Waals surface area contributed by atoms with Crippen LogP contribution in [0.25, 0.3) is 0 Å². The zero-order valence-electron chi connectivity index (χ0n) is 14.8. The van der Waals surface area contributed by atoms with E-state index in [9.17, 15) is 4.39 Å². The van der Waals surface area contributed by atoms with E-state index in [1.165, 1.54) is 12.1 Å². The molecule has 5 nitrogen and oxygen atoms in total. The molecule has 26 heavy (non-hydrogen) atoms. The number of hydrogen-bond acceptors (Lipinski definition) is 5. The first-order chi connectivity index (χ1) is 12.6. The van der Waals surface area contributed by atoms with Crippen LogP contribution in [0.4, 0.5) is 4.39 Å². The number of ether oxygens (including phenoxy) is 2. The van der Waals surface area contributed by atoms with Gasteiger partial charge in [0.15, 0.2) is 17.1 Å². The maximum atomic E-state index is 13.0. The van der Waals surface area contributed by atoms with Crippen molar-refractivity contribution in [2.24, 2.45) is 7.05 Å². The molecule has 0 bridgehead atoms. The second-order valence-corrected chi connectivity index (χ2v) is 6.70. The third-order valence-electron chi connectivity index (χ3n) is 3.86. The number of methoxy groups -OCH3 is 1. The van der Waals surface area contributed by atoms with E-state index < -0.39 is 0 Å². The van der Waals surface area contributed by atoms with Crippen LogP contribution in [0.2, 0.25) is 0 Å². The molecule has 1 aromatic heterocycles. The normalized spacial score (nSPS) is 12.0. The predicted molar refractivity (Wildman–Crippen MR) is 99.0 cm³/mol. The lowest BCUT2D eigenvalue weighted by molar-refractivity contribution is 0.211. The fourth-order valence-corrected chi connectivity index (χ4v) is 3.35. The molecular formula is C19H20FN3O2S. The van der Waals surface area contributed by atoms with E-state index in [0.717, 1.165) is 22.2 Å². The van der Waals surface area contributed by atoms with Crippen LogP contribution in [0.1, 0.15) is 24.4 Å². The largest absolute Gasteiger partial charge is 0.497 e. The fourth-order valence-electron chi connectivity index (χ4n) is 2.49. The van der Waals surface area contributed by atoms with Crippen molar-refractivity contribution in [2.75, 3.05) is 7.11 Å². The van der Waals surface area contributed by atoms with Crippen LogP contribution in [0.15, 0.2) is 53.7 Å². The van der Waals surface area contributed by atoms with Gasteiger partial charge in [-0.05, 0) is 48.9 Å². The number of rotatable bonds is 7. The standard InChI is InChI=1S/C19H20FN3O2S/c1-13(25-16-9-7-15(20)8-10-16)18-21-22-19(23(18)2)26-12-14-5-4-6-17(11-14)24-3/h4-11,13H,12H2,1-3H3. The van der Waals surface area contributed by atoms with Gasteiger partial charge >= 0.3 is 0 Å². The van der Waals surface area contributed by atoms with Gasteiger partial charge in [-0.15, -0.1) is 10.2 Å². The summed E-state index contributed by atoms with van der Waals surface area (Å²) in [6.07, 6.45) is -0.302. The smallest absolute Gasteiger partial charge is 0.191 e. The highest BCUT2D eigenvalue weighted by Gasteiger charge is 2.17. The highest BCUT2D eigenvalue weighted by Crippen LogP contribution is 2.26. The van der Waals surface area contributed by atoms with E-state index in [0.29, 0.717) is 11.6 Å². The van der Waals surface area contributed by atoms with E-state index in [1.807, 2.05) is 42.8 Å². The molecule has 3 aromatic rings. The Labute approximate surface area is 156 Å². The predicted octanol–water partition coefficient (Wildman–Crippen LogP) is 4.40. The molecule has 0 aliphatic heterocycles. The molecule has 0 saturated heterocycles. The van der Waals surface area contributed by atoms with Gasteiger partial charge in [0.25, 0.3) is 0 Å². The first-order valence-corrected chi connectivity index (χ1v) is 9.12. The molecule has 2 aromatic carbocycles. The van der Waals surface area contributed by atoms with Crippen molar-refractivity contribution in [3.05, 3.63) is 65.7 Å². The van der Waals surface area contributed by atoms with Gasteiger partial charge in [0.1, 0.15) is 17.3 Å². The summed E-state index contributed by atoms with van der Waals surface area (Å²) in [5.41, 5.74) is 1.15. The zero-order valence-corrected chi connectivity index (χ0v) is 15.7. The second-order valence-electron chi connectivity index (χ2n) is 5.75. The molecule has 1 unspecified atom stereocenters. The monoisotopic (exact) mass is 373 g/mol. The second kappa shape index (κ2) is 8.23. The highest BCUT2D eigenvalue weighted by molar-refractivity contribution is 7.98. The number of thioether (sulfide) groups is 1. The van der Waals surface area contributed by atoms with E-state index >= 15 is 0 Å². The zero-order chi connectivity index (χ0) is 18.5. The average Bonchev–Trinajstić information content (AvgIpc) is 3.03. The maximum Gasteiger partial charge on any atom is 0.191 e. The molecule has 136 valence electrons. The van der Waals surface area contributed by atoms with Gasteiger partial charge in [-0.1, -0.05) is 23.9 Å². The molecule has 3 rings (SSSR count). The van der Waals surface area contributed by atoms with Crippen molar-refractivity contribution in [1.29, 1.82) is 0 Å². The van der Waals surface area contributed by atoms with Gasteiger partial charge in [-0.25, -0.2) is 4.39 Å². The van der Waals surface area contributed by atoms with Gasteiger partial charge in [-0.3, -0.25) is 0 Å². The van der Waals surface area contributed by atoms with E-state index in [2.05, 4.69) is 10.2 Å². The van der Waals surface area contributed by atoms with Crippen LogP contribution in [-0.2, 0) is 12.8 Å². The lowest BCUT2D eigenvalue weighted by Gasteiger charge is -2.14. The van der Waals surface area contributed by atoms with Crippen LogP contribution in [0.3, 0.4) is 0 Å². The quantitative estimate of drug-likeness (QED) is 0.575. The molecule has 1 heterocycles. The average molecular weight is 373 g/mol. The molecule has 7 heteroatoms. The lowest BCUT2D eigenvalue weighted by atomic mass is 10.2. The van der Waals surface area contributed by atoms with E-state index in [1.54, 1.807) is 31.0 Å². The number of aromatic nitrogens is 3. The Morgan fingerprint density at radius 3 is 2.62 bits per heavy atom. The molecule has 0 radical (unpaired) electrons. The molecule has 0 fully saturated rings. The minimum absolute atomic E-state index is 0.292. The summed E-state index contributed by atoms with van der Waals surface area (Å²) in [6, 6.07) is 13.9. The number of halogens is 1. The van der Waals surface area contributed by atoms with Gasteiger partial charge in [-0.2, -0.15) is 0 Å². The Hall–Kier alpha value is -2.54. The van der Waals surface area contributed by atoms with Crippen molar-refractivity contribution in [2.45, 2.75) is 23.9 Å². The van der Waals surface area contributed by atoms with Gasteiger partial charge in [0.2, 0.25) is 0 Å². The van der Waals surface area contributed by atoms with Crippen LogP contribution in [0, 0.1) is 5.82 Å². The summed E-state index contributed by atoms with van der Waals surface area (Å²) in [5, 5.41) is 9.30. The van der Waals surface area contributed by atoms with E-state index in [-0.39, 0.29) is 11.9 Å². The number of nitrogens with zero attached hydrogens (tertiary/aromatic N) is 3. The summed E-state index contributed by atoms with van der Waals surface area (Å²) >= 11 is 1.59. The third kappa shape index (κ3) is 4.35. The molecule has 1 atom stereocenters. The summed E-state index contributed by atoms with van der Waals surface area (Å²) < 4.78 is 26.0. The van der Waals surface area contributed by atoms with Gasteiger partial charge < -0.3 is 14.0 Å². The van der Waals surface area contributed by atoms with Crippen molar-refractivity contribution < 1.29 is 13.9 Å². The fraction of sp³-hybridized carbons (Fsp3) is 0.263. The van der Waals surface area contributed by atoms with Crippen molar-refractivity contribution >= 4 is 11.8 Å². The molecule has 0 aliphatic carbocycles. The molecule has 0 saturated carbocycles. The first kappa shape index (κ1) is 18.3. The Morgan fingerprint density at radius 1 is 1.12 bits per heavy atom. The van der Waals surface area contributed by atoms with Crippen LogP contribution >= 0.6 is 11.8 Å². The van der Waals surface area contributed by atoms with Crippen molar-refractivity contribution in [1.82, 2.24) is 14.8 Å². The minimum Gasteiger partial charge on any atom is -0.497 e. The SMILES string of the molecule is COc1cccc(CSc2nnc(C(C)Oc3ccc(F)cc3)n2C)c1. The molecular weight excluding hydrogens is 353 g/mol. The Morgan fingerprint density at radius 2 is 1.88 bits per heavy atom. The van der Waals surface area contributed by atoms with E-state index in [4.69, 9.17) is 9.47 Å². The molecule has 0 aliphatic rings. The molecule has 0 N–H and O–H groups in total. The summed E-state index contributed by atoms with van der Waals surface area (Å²) in [5.74, 6) is 2.61. The topological polar surface area (TPSA) is 49.2 Å². The summed E-state index contributed by atoms with van der Waals surface area (Å²) in [4.78, 5) is 0. The Bertz CT molecular complexity index is 867.